The van der Waals surface area contributed by atoms with Gasteiger partial charge in [-0.2, -0.15) is 0 Å². The van der Waals surface area contributed by atoms with E-state index in [1.54, 1.807) is 0 Å². The van der Waals surface area contributed by atoms with Gasteiger partial charge in [0.25, 0.3) is 0 Å². The van der Waals surface area contributed by atoms with Crippen molar-refractivity contribution in [3.8, 4) is 0 Å². The van der Waals surface area contributed by atoms with Crippen molar-refractivity contribution >= 4 is 27.5 Å². The lowest BCUT2D eigenvalue weighted by molar-refractivity contribution is -0.466. The van der Waals surface area contributed by atoms with Crippen LogP contribution in [0.25, 0.3) is 0 Å². The van der Waals surface area contributed by atoms with E-state index in [1.807, 2.05) is 0 Å². The number of halogens is 4. The molecule has 0 radical (unpaired) electrons. The van der Waals surface area contributed by atoms with E-state index < -0.39 is 23.4 Å². The fourth-order valence-electron chi connectivity index (χ4n) is 1.53. The Morgan fingerprint density at radius 2 is 1.74 bits per heavy atom. The predicted molar refractivity (Wildman–Crippen MR) is 66.4 cm³/mol. The van der Waals surface area contributed by atoms with E-state index in [0.29, 0.717) is 10.5 Å². The first-order valence-corrected chi connectivity index (χ1v) is 6.06. The van der Waals surface area contributed by atoms with E-state index in [2.05, 4.69) is 15.9 Å². The molecule has 1 amide bonds. The van der Waals surface area contributed by atoms with Crippen LogP contribution in [0.1, 0.15) is 10.4 Å². The van der Waals surface area contributed by atoms with Crippen molar-refractivity contribution in [3.05, 3.63) is 63.9 Å². The maximum absolute atomic E-state index is 13.5. The summed E-state index contributed by atoms with van der Waals surface area (Å²) in [5, 5.41) is 0.932. The number of primary amides is 1. The number of amides is 1. The predicted octanol–water partition coefficient (Wildman–Crippen LogP) is 2.90. The third kappa shape index (κ3) is 3.21. The number of hydrogen-bond donors (Lipinski definition) is 1. The zero-order valence-corrected chi connectivity index (χ0v) is 11.0. The summed E-state index contributed by atoms with van der Waals surface area (Å²) in [5.41, 5.74) is -0.263. The first kappa shape index (κ1) is 13.8. The number of carbonyl (C=O) groups excluding carboxylic acids is 1. The maximum atomic E-state index is 13.5. The monoisotopic (exact) mass is 330 g/mol. The zero-order chi connectivity index (χ0) is 14.0. The Hall–Kier alpha value is -1.66. The standard InChI is InChI=1S/C13H7BrF3NO/c14-7-1-3-9(10(16)5-7)13(19)18-12-4-2-8(15)6-11(12)17/h1-6H,(H,18,19)/p+1. The molecule has 6 heteroatoms. The molecule has 0 aliphatic heterocycles. The highest BCUT2D eigenvalue weighted by Gasteiger charge is 2.19. The van der Waals surface area contributed by atoms with Gasteiger partial charge >= 0.3 is 5.91 Å². The summed E-state index contributed by atoms with van der Waals surface area (Å²) in [6.45, 7) is 0. The van der Waals surface area contributed by atoms with E-state index >= 15 is 0 Å². The Labute approximate surface area is 115 Å². The first-order valence-electron chi connectivity index (χ1n) is 5.26. The SMILES string of the molecule is O=C([NH2+]c1ccc(F)cc1F)c1ccc(Br)cc1F. The lowest BCUT2D eigenvalue weighted by atomic mass is 10.2. The topological polar surface area (TPSA) is 33.7 Å². The highest BCUT2D eigenvalue weighted by atomic mass is 79.9. The molecule has 0 fully saturated rings. The van der Waals surface area contributed by atoms with Gasteiger partial charge in [0.1, 0.15) is 17.2 Å². The minimum atomic E-state index is -0.870. The van der Waals surface area contributed by atoms with Crippen LogP contribution in [0.15, 0.2) is 40.9 Å². The molecule has 19 heavy (non-hydrogen) atoms. The van der Waals surface area contributed by atoms with Crippen molar-refractivity contribution in [2.75, 3.05) is 0 Å². The molecule has 98 valence electrons. The highest BCUT2D eigenvalue weighted by Crippen LogP contribution is 2.15. The van der Waals surface area contributed by atoms with Gasteiger partial charge in [-0.15, -0.1) is 0 Å². The minimum Gasteiger partial charge on any atom is -0.244 e. The van der Waals surface area contributed by atoms with Gasteiger partial charge in [0.05, 0.1) is 0 Å². The lowest BCUT2D eigenvalue weighted by Crippen LogP contribution is -2.82. The van der Waals surface area contributed by atoms with Crippen molar-refractivity contribution in [1.29, 1.82) is 0 Å². The average Bonchev–Trinajstić information content (AvgIpc) is 2.32. The molecule has 2 rings (SSSR count). The number of hydrogen-bond acceptors (Lipinski definition) is 1. The van der Waals surface area contributed by atoms with E-state index in [1.165, 1.54) is 12.1 Å². The summed E-state index contributed by atoms with van der Waals surface area (Å²) >= 11 is 3.07. The Bertz CT molecular complexity index is 646. The van der Waals surface area contributed by atoms with Gasteiger partial charge in [-0.05, 0) is 24.3 Å². The van der Waals surface area contributed by atoms with Gasteiger partial charge in [-0.1, -0.05) is 15.9 Å². The van der Waals surface area contributed by atoms with Crippen LogP contribution < -0.4 is 5.32 Å². The van der Waals surface area contributed by atoms with Gasteiger partial charge in [-0.3, -0.25) is 0 Å². The number of quaternary nitrogens is 1. The maximum Gasteiger partial charge on any atom is 0.350 e. The van der Waals surface area contributed by atoms with Gasteiger partial charge in [0.2, 0.25) is 0 Å². The van der Waals surface area contributed by atoms with Crippen LogP contribution in [0, 0.1) is 17.5 Å². The molecule has 0 unspecified atom stereocenters. The molecule has 2 aromatic rings. The third-order valence-corrected chi connectivity index (χ3v) is 2.94. The Morgan fingerprint density at radius 3 is 2.37 bits per heavy atom. The highest BCUT2D eigenvalue weighted by molar-refractivity contribution is 9.10. The Balaban J connectivity index is 2.25. The first-order chi connectivity index (χ1) is 8.97. The van der Waals surface area contributed by atoms with Crippen LogP contribution in [0.2, 0.25) is 0 Å². The van der Waals surface area contributed by atoms with E-state index in [-0.39, 0.29) is 11.3 Å². The Kier molecular flexibility index (Phi) is 4.01. The largest absolute Gasteiger partial charge is 0.350 e. The fraction of sp³-hybridized carbons (Fsp3) is 0. The molecule has 2 N–H and O–H groups in total. The molecule has 2 nitrogen and oxygen atoms in total. The van der Waals surface area contributed by atoms with Crippen LogP contribution >= 0.6 is 15.9 Å². The number of nitrogens with two attached hydrogens (primary N) is 1. The van der Waals surface area contributed by atoms with E-state index in [0.717, 1.165) is 23.5 Å². The number of carbonyl (C=O) groups is 1. The smallest absolute Gasteiger partial charge is 0.244 e. The van der Waals surface area contributed by atoms with Gasteiger partial charge in [0, 0.05) is 16.6 Å². The fourth-order valence-corrected chi connectivity index (χ4v) is 1.86. The molecule has 0 atom stereocenters. The minimum absolute atomic E-state index is 0.0891. The summed E-state index contributed by atoms with van der Waals surface area (Å²) in [6.07, 6.45) is 0. The molecule has 0 saturated carbocycles. The van der Waals surface area contributed by atoms with Crippen molar-refractivity contribution in [2.45, 2.75) is 0 Å². The van der Waals surface area contributed by atoms with Crippen LogP contribution in [0.5, 0.6) is 0 Å². The van der Waals surface area contributed by atoms with Crippen molar-refractivity contribution in [2.24, 2.45) is 0 Å². The molecule has 2 aromatic carbocycles. The lowest BCUT2D eigenvalue weighted by Gasteiger charge is -2.02. The molecule has 0 aromatic heterocycles. The quantitative estimate of drug-likeness (QED) is 0.844. The van der Waals surface area contributed by atoms with Crippen molar-refractivity contribution in [3.63, 3.8) is 0 Å². The molecule has 0 bridgehead atoms. The summed E-state index contributed by atoms with van der Waals surface area (Å²) in [4.78, 5) is 11.8. The number of rotatable bonds is 2. The van der Waals surface area contributed by atoms with Gasteiger partial charge in [-0.25, -0.2) is 23.3 Å². The van der Waals surface area contributed by atoms with Gasteiger partial charge in [0.15, 0.2) is 11.5 Å². The molecule has 0 aliphatic rings. The molecular formula is C13H8BrF3NO+. The van der Waals surface area contributed by atoms with Crippen molar-refractivity contribution < 1.29 is 23.3 Å². The average molecular weight is 331 g/mol. The van der Waals surface area contributed by atoms with Crippen LogP contribution in [-0.4, -0.2) is 5.91 Å². The molecule has 0 heterocycles. The van der Waals surface area contributed by atoms with Crippen molar-refractivity contribution in [1.82, 2.24) is 0 Å². The second kappa shape index (κ2) is 5.54. The van der Waals surface area contributed by atoms with Crippen LogP contribution in [0.4, 0.5) is 18.9 Å². The summed E-state index contributed by atoms with van der Waals surface area (Å²) in [5.74, 6) is -3.00. The van der Waals surface area contributed by atoms with Crippen LogP contribution in [-0.2, 0) is 0 Å². The normalized spacial score (nSPS) is 10.5. The summed E-state index contributed by atoms with van der Waals surface area (Å²) in [6, 6.07) is 6.75. The van der Waals surface area contributed by atoms with E-state index in [9.17, 15) is 18.0 Å². The molecule has 0 saturated heterocycles. The van der Waals surface area contributed by atoms with E-state index in [4.69, 9.17) is 0 Å². The Morgan fingerprint density at radius 1 is 1.00 bits per heavy atom. The van der Waals surface area contributed by atoms with Crippen LogP contribution in [0.3, 0.4) is 0 Å². The second-order valence-corrected chi connectivity index (χ2v) is 4.71. The molecule has 0 spiro atoms. The number of benzene rings is 2. The zero-order valence-electron chi connectivity index (χ0n) is 9.46. The molecule has 0 aliphatic carbocycles. The second-order valence-electron chi connectivity index (χ2n) is 3.80. The third-order valence-electron chi connectivity index (χ3n) is 2.45. The summed E-state index contributed by atoms with van der Waals surface area (Å²) in [7, 11) is 0. The molecular weight excluding hydrogens is 323 g/mol. The summed E-state index contributed by atoms with van der Waals surface area (Å²) < 4.78 is 40.1. The van der Waals surface area contributed by atoms with Gasteiger partial charge < -0.3 is 0 Å².